The van der Waals surface area contributed by atoms with Gasteiger partial charge in [-0.2, -0.15) is 0 Å². The van der Waals surface area contributed by atoms with Crippen molar-refractivity contribution < 1.29 is 14.3 Å². The molecule has 1 aromatic carbocycles. The van der Waals surface area contributed by atoms with E-state index < -0.39 is 0 Å². The van der Waals surface area contributed by atoms with Gasteiger partial charge in [-0.15, -0.1) is 0 Å². The van der Waals surface area contributed by atoms with E-state index in [0.717, 1.165) is 23.5 Å². The van der Waals surface area contributed by atoms with Gasteiger partial charge in [-0.05, 0) is 24.1 Å². The number of fused-ring (bicyclic) bond motifs is 1. The van der Waals surface area contributed by atoms with Crippen molar-refractivity contribution in [2.75, 3.05) is 26.3 Å². The Morgan fingerprint density at radius 3 is 2.74 bits per heavy atom. The molecule has 0 saturated carbocycles. The molecule has 0 unspecified atom stereocenters. The van der Waals surface area contributed by atoms with Crippen LogP contribution in [-0.2, 0) is 11.3 Å². The summed E-state index contributed by atoms with van der Waals surface area (Å²) in [6.07, 6.45) is 0.913. The maximum Gasteiger partial charge on any atom is 0.236 e. The van der Waals surface area contributed by atoms with E-state index in [9.17, 15) is 4.79 Å². The maximum absolute atomic E-state index is 11.7. The lowest BCUT2D eigenvalue weighted by atomic mass is 10.1. The van der Waals surface area contributed by atoms with Gasteiger partial charge in [0.2, 0.25) is 5.91 Å². The van der Waals surface area contributed by atoms with Crippen molar-refractivity contribution in [3.05, 3.63) is 23.8 Å². The van der Waals surface area contributed by atoms with Gasteiger partial charge in [0.25, 0.3) is 0 Å². The molecule has 1 aliphatic rings. The van der Waals surface area contributed by atoms with E-state index >= 15 is 0 Å². The highest BCUT2D eigenvalue weighted by molar-refractivity contribution is 5.78. The fourth-order valence-electron chi connectivity index (χ4n) is 2.10. The Kier molecular flexibility index (Phi) is 4.63. The highest BCUT2D eigenvalue weighted by atomic mass is 16.6. The van der Waals surface area contributed by atoms with E-state index in [4.69, 9.17) is 15.2 Å². The molecule has 1 aliphatic heterocycles. The Morgan fingerprint density at radius 1 is 1.32 bits per heavy atom. The summed E-state index contributed by atoms with van der Waals surface area (Å²) in [6.45, 7) is 4.51. The Hall–Kier alpha value is -1.75. The number of nitrogens with zero attached hydrogens (tertiary/aromatic N) is 1. The van der Waals surface area contributed by atoms with Crippen LogP contribution in [0.15, 0.2) is 18.2 Å². The van der Waals surface area contributed by atoms with Crippen LogP contribution in [0.25, 0.3) is 0 Å². The maximum atomic E-state index is 11.7. The second-order valence-corrected chi connectivity index (χ2v) is 4.50. The van der Waals surface area contributed by atoms with Crippen molar-refractivity contribution in [3.8, 4) is 11.5 Å². The van der Waals surface area contributed by atoms with E-state index in [0.29, 0.717) is 26.3 Å². The van der Waals surface area contributed by atoms with E-state index in [1.165, 1.54) is 0 Å². The third kappa shape index (κ3) is 3.38. The molecule has 2 N–H and O–H groups in total. The molecule has 0 fully saturated rings. The molecule has 0 spiro atoms. The number of carbonyl (C=O) groups is 1. The fourth-order valence-corrected chi connectivity index (χ4v) is 2.10. The first-order valence-corrected chi connectivity index (χ1v) is 6.61. The molecule has 1 heterocycles. The minimum absolute atomic E-state index is 0.0308. The molecule has 0 atom stereocenters. The zero-order valence-electron chi connectivity index (χ0n) is 11.2. The first-order valence-electron chi connectivity index (χ1n) is 6.61. The van der Waals surface area contributed by atoms with Gasteiger partial charge in [-0.3, -0.25) is 4.79 Å². The zero-order chi connectivity index (χ0) is 13.7. The third-order valence-corrected chi connectivity index (χ3v) is 3.00. The predicted molar refractivity (Wildman–Crippen MR) is 72.2 cm³/mol. The summed E-state index contributed by atoms with van der Waals surface area (Å²) in [6, 6.07) is 5.78. The van der Waals surface area contributed by atoms with Gasteiger partial charge in [0.15, 0.2) is 11.5 Å². The van der Waals surface area contributed by atoms with Gasteiger partial charge >= 0.3 is 0 Å². The lowest BCUT2D eigenvalue weighted by molar-refractivity contribution is -0.130. The van der Waals surface area contributed by atoms with E-state index in [2.05, 4.69) is 0 Å². The van der Waals surface area contributed by atoms with E-state index in [-0.39, 0.29) is 12.5 Å². The molecule has 5 nitrogen and oxygen atoms in total. The minimum Gasteiger partial charge on any atom is -0.486 e. The SMILES string of the molecule is CCCN(Cc1ccc2c(c1)OCCO2)C(=O)CN. The largest absolute Gasteiger partial charge is 0.486 e. The van der Waals surface area contributed by atoms with Crippen molar-refractivity contribution in [2.45, 2.75) is 19.9 Å². The highest BCUT2D eigenvalue weighted by Crippen LogP contribution is 2.31. The minimum atomic E-state index is -0.0308. The van der Waals surface area contributed by atoms with Crippen LogP contribution in [0.1, 0.15) is 18.9 Å². The topological polar surface area (TPSA) is 64.8 Å². The Balaban J connectivity index is 2.10. The molecule has 1 amide bonds. The van der Waals surface area contributed by atoms with Gasteiger partial charge in [0.05, 0.1) is 6.54 Å². The van der Waals surface area contributed by atoms with E-state index in [1.54, 1.807) is 4.90 Å². The smallest absolute Gasteiger partial charge is 0.236 e. The molecule has 0 bridgehead atoms. The number of nitrogens with two attached hydrogens (primary N) is 1. The second kappa shape index (κ2) is 6.43. The molecule has 2 rings (SSSR count). The summed E-state index contributed by atoms with van der Waals surface area (Å²) in [4.78, 5) is 13.5. The average Bonchev–Trinajstić information content (AvgIpc) is 2.46. The number of ether oxygens (including phenoxy) is 2. The molecule has 104 valence electrons. The summed E-state index contributed by atoms with van der Waals surface area (Å²) in [5.41, 5.74) is 6.46. The van der Waals surface area contributed by atoms with Crippen LogP contribution < -0.4 is 15.2 Å². The molecular formula is C14H20N2O3. The molecule has 0 aromatic heterocycles. The lowest BCUT2D eigenvalue weighted by Crippen LogP contribution is -2.36. The van der Waals surface area contributed by atoms with Crippen molar-refractivity contribution in [2.24, 2.45) is 5.73 Å². The van der Waals surface area contributed by atoms with Gasteiger partial charge < -0.3 is 20.1 Å². The standard InChI is InChI=1S/C14H20N2O3/c1-2-5-16(14(17)9-15)10-11-3-4-12-13(8-11)19-7-6-18-12/h3-4,8H,2,5-7,9-10,15H2,1H3. The molecule has 0 radical (unpaired) electrons. The third-order valence-electron chi connectivity index (χ3n) is 3.00. The van der Waals surface area contributed by atoms with E-state index in [1.807, 2.05) is 25.1 Å². The van der Waals surface area contributed by atoms with Crippen molar-refractivity contribution >= 4 is 5.91 Å². The number of hydrogen-bond acceptors (Lipinski definition) is 4. The average molecular weight is 264 g/mol. The number of amides is 1. The van der Waals surface area contributed by atoms with Crippen LogP contribution in [0.2, 0.25) is 0 Å². The Morgan fingerprint density at radius 2 is 2.05 bits per heavy atom. The lowest BCUT2D eigenvalue weighted by Gasteiger charge is -2.23. The summed E-state index contributed by atoms with van der Waals surface area (Å²) in [7, 11) is 0. The molecule has 19 heavy (non-hydrogen) atoms. The summed E-state index contributed by atoms with van der Waals surface area (Å²) in [5.74, 6) is 1.49. The normalized spacial score (nSPS) is 13.2. The van der Waals surface area contributed by atoms with Gasteiger partial charge in [0, 0.05) is 13.1 Å². The molecule has 5 heteroatoms. The van der Waals surface area contributed by atoms with Crippen LogP contribution in [-0.4, -0.2) is 37.1 Å². The van der Waals surface area contributed by atoms with Crippen molar-refractivity contribution in [3.63, 3.8) is 0 Å². The number of rotatable bonds is 5. The quantitative estimate of drug-likeness (QED) is 0.866. The number of hydrogen-bond donors (Lipinski definition) is 1. The molecule has 0 aliphatic carbocycles. The first kappa shape index (κ1) is 13.7. The summed E-state index contributed by atoms with van der Waals surface area (Å²) >= 11 is 0. The molecule has 1 aromatic rings. The van der Waals surface area contributed by atoms with Gasteiger partial charge in [0.1, 0.15) is 13.2 Å². The van der Waals surface area contributed by atoms with Crippen LogP contribution in [0.3, 0.4) is 0 Å². The Bertz CT molecular complexity index is 448. The monoisotopic (exact) mass is 264 g/mol. The van der Waals surface area contributed by atoms with Crippen LogP contribution >= 0.6 is 0 Å². The second-order valence-electron chi connectivity index (χ2n) is 4.50. The summed E-state index contributed by atoms with van der Waals surface area (Å²) in [5, 5.41) is 0. The van der Waals surface area contributed by atoms with Crippen LogP contribution in [0, 0.1) is 0 Å². The van der Waals surface area contributed by atoms with Gasteiger partial charge in [-0.25, -0.2) is 0 Å². The highest BCUT2D eigenvalue weighted by Gasteiger charge is 2.15. The van der Waals surface area contributed by atoms with Crippen molar-refractivity contribution in [1.82, 2.24) is 4.90 Å². The number of carbonyl (C=O) groups excluding carboxylic acids is 1. The first-order chi connectivity index (χ1) is 9.24. The fraction of sp³-hybridized carbons (Fsp3) is 0.500. The predicted octanol–water partition coefficient (Wildman–Crippen LogP) is 1.16. The zero-order valence-corrected chi connectivity index (χ0v) is 11.2. The Labute approximate surface area is 113 Å². The number of benzene rings is 1. The van der Waals surface area contributed by atoms with Crippen molar-refractivity contribution in [1.29, 1.82) is 0 Å². The van der Waals surface area contributed by atoms with Gasteiger partial charge in [-0.1, -0.05) is 13.0 Å². The van der Waals surface area contributed by atoms with Crippen LogP contribution in [0.4, 0.5) is 0 Å². The summed E-state index contributed by atoms with van der Waals surface area (Å²) < 4.78 is 11.0. The molecule has 0 saturated heterocycles. The molecular weight excluding hydrogens is 244 g/mol. The van der Waals surface area contributed by atoms with Crippen LogP contribution in [0.5, 0.6) is 11.5 Å².